The van der Waals surface area contributed by atoms with Gasteiger partial charge in [-0.2, -0.15) is 0 Å². The van der Waals surface area contributed by atoms with Crippen LogP contribution in [0.4, 0.5) is 5.69 Å². The number of fused-ring (bicyclic) bond motifs is 1. The van der Waals surface area contributed by atoms with Crippen LogP contribution in [-0.2, 0) is 7.05 Å². The number of nitrogens with two attached hydrogens (primary N) is 1. The van der Waals surface area contributed by atoms with Crippen molar-refractivity contribution in [2.24, 2.45) is 12.8 Å². The minimum Gasteiger partial charge on any atom is -0.374 e. The van der Waals surface area contributed by atoms with Gasteiger partial charge < -0.3 is 15.6 Å². The molecule has 21 heavy (non-hydrogen) atoms. The lowest BCUT2D eigenvalue weighted by atomic mass is 10.1. The molecule has 3 aromatic rings. The highest BCUT2D eigenvalue weighted by Gasteiger charge is 2.14. The van der Waals surface area contributed by atoms with E-state index < -0.39 is 0 Å². The molecule has 6 heteroatoms. The third-order valence-electron chi connectivity index (χ3n) is 3.45. The lowest BCUT2D eigenvalue weighted by molar-refractivity contribution is 0.706. The Kier molecular flexibility index (Phi) is 3.90. The molecule has 108 valence electrons. The van der Waals surface area contributed by atoms with Crippen LogP contribution in [0.25, 0.3) is 10.9 Å². The van der Waals surface area contributed by atoms with Gasteiger partial charge in [0.1, 0.15) is 0 Å². The van der Waals surface area contributed by atoms with E-state index in [1.807, 2.05) is 36.0 Å². The van der Waals surface area contributed by atoms with E-state index in [9.17, 15) is 0 Å². The van der Waals surface area contributed by atoms with Gasteiger partial charge in [0.15, 0.2) is 0 Å². The number of pyridine rings is 1. The summed E-state index contributed by atoms with van der Waals surface area (Å²) in [6.07, 6.45) is 5.41. The molecule has 0 aliphatic rings. The first-order valence-corrected chi connectivity index (χ1v) is 7.45. The van der Waals surface area contributed by atoms with Crippen molar-refractivity contribution in [2.75, 3.05) is 11.9 Å². The molecule has 1 atom stereocenters. The Hall–Kier alpha value is -1.92. The van der Waals surface area contributed by atoms with Crippen molar-refractivity contribution in [2.45, 2.75) is 6.04 Å². The lowest BCUT2D eigenvalue weighted by Gasteiger charge is -2.19. The minimum absolute atomic E-state index is 0.00598. The van der Waals surface area contributed by atoms with Gasteiger partial charge in [0.25, 0.3) is 0 Å². The largest absolute Gasteiger partial charge is 0.374 e. The standard InChI is InChI=1S/C15H16BrN5/c1-21-9-18-8-14(21)13(6-17)20-12-4-2-3-10-5-11(16)7-19-15(10)12/h2-5,7-9,13,20H,6,17H2,1H3. The van der Waals surface area contributed by atoms with Gasteiger partial charge in [0, 0.05) is 29.6 Å². The molecule has 3 rings (SSSR count). The number of aryl methyl sites for hydroxylation is 1. The molecule has 1 aromatic carbocycles. The second-order valence-corrected chi connectivity index (χ2v) is 5.81. The van der Waals surface area contributed by atoms with Crippen LogP contribution in [0.15, 0.2) is 47.5 Å². The van der Waals surface area contributed by atoms with Gasteiger partial charge in [-0.1, -0.05) is 12.1 Å². The molecule has 0 aliphatic carbocycles. The van der Waals surface area contributed by atoms with E-state index in [1.54, 1.807) is 12.5 Å². The molecule has 5 nitrogen and oxygen atoms in total. The zero-order valence-corrected chi connectivity index (χ0v) is 13.2. The highest BCUT2D eigenvalue weighted by molar-refractivity contribution is 9.10. The first kappa shape index (κ1) is 14.0. The van der Waals surface area contributed by atoms with E-state index in [2.05, 4.69) is 37.3 Å². The van der Waals surface area contributed by atoms with Crippen molar-refractivity contribution in [1.82, 2.24) is 14.5 Å². The lowest BCUT2D eigenvalue weighted by Crippen LogP contribution is -2.22. The summed E-state index contributed by atoms with van der Waals surface area (Å²) in [5.41, 5.74) is 8.87. The van der Waals surface area contributed by atoms with Crippen LogP contribution < -0.4 is 11.1 Å². The fourth-order valence-electron chi connectivity index (χ4n) is 2.39. The normalized spacial score (nSPS) is 12.5. The molecule has 0 aliphatic heterocycles. The van der Waals surface area contributed by atoms with E-state index in [0.29, 0.717) is 6.54 Å². The van der Waals surface area contributed by atoms with E-state index in [1.165, 1.54) is 0 Å². The molecule has 0 bridgehead atoms. The molecule has 0 spiro atoms. The topological polar surface area (TPSA) is 68.8 Å². The first-order chi connectivity index (χ1) is 10.2. The van der Waals surface area contributed by atoms with E-state index >= 15 is 0 Å². The summed E-state index contributed by atoms with van der Waals surface area (Å²) in [5.74, 6) is 0. The fourth-order valence-corrected chi connectivity index (χ4v) is 2.74. The average molecular weight is 346 g/mol. The zero-order chi connectivity index (χ0) is 14.8. The quantitative estimate of drug-likeness (QED) is 0.762. The summed E-state index contributed by atoms with van der Waals surface area (Å²) >= 11 is 3.45. The number of imidazole rings is 1. The smallest absolute Gasteiger partial charge is 0.0946 e. The van der Waals surface area contributed by atoms with Gasteiger partial charge in [-0.3, -0.25) is 4.98 Å². The maximum atomic E-state index is 5.92. The van der Waals surface area contributed by atoms with Gasteiger partial charge in [0.2, 0.25) is 0 Å². The predicted molar refractivity (Wildman–Crippen MR) is 88.1 cm³/mol. The van der Waals surface area contributed by atoms with Crippen LogP contribution in [0, 0.1) is 0 Å². The number of benzene rings is 1. The Balaban J connectivity index is 1.99. The Morgan fingerprint density at radius 3 is 2.95 bits per heavy atom. The average Bonchev–Trinajstić information content (AvgIpc) is 2.90. The Bertz CT molecular complexity index is 768. The molecule has 0 saturated heterocycles. The summed E-state index contributed by atoms with van der Waals surface area (Å²) in [6.45, 7) is 0.479. The summed E-state index contributed by atoms with van der Waals surface area (Å²) in [6, 6.07) is 8.11. The van der Waals surface area contributed by atoms with Crippen LogP contribution in [0.1, 0.15) is 11.7 Å². The molecular formula is C15H16BrN5. The van der Waals surface area contributed by atoms with Crippen LogP contribution in [0.3, 0.4) is 0 Å². The third kappa shape index (κ3) is 2.77. The second-order valence-electron chi connectivity index (χ2n) is 4.89. The molecular weight excluding hydrogens is 330 g/mol. The number of nitrogens with zero attached hydrogens (tertiary/aromatic N) is 3. The van der Waals surface area contributed by atoms with Gasteiger partial charge in [-0.25, -0.2) is 4.98 Å². The SMILES string of the molecule is Cn1cncc1C(CN)Nc1cccc2cc(Br)cnc12. The monoisotopic (exact) mass is 345 g/mol. The summed E-state index contributed by atoms with van der Waals surface area (Å²) in [7, 11) is 1.96. The van der Waals surface area contributed by atoms with Crippen molar-refractivity contribution < 1.29 is 0 Å². The number of anilines is 1. The maximum Gasteiger partial charge on any atom is 0.0946 e. The zero-order valence-electron chi connectivity index (χ0n) is 11.6. The van der Waals surface area contributed by atoms with Crippen molar-refractivity contribution in [1.29, 1.82) is 0 Å². The van der Waals surface area contributed by atoms with Crippen LogP contribution in [-0.4, -0.2) is 21.1 Å². The van der Waals surface area contributed by atoms with E-state index in [-0.39, 0.29) is 6.04 Å². The Labute approximate surface area is 131 Å². The van der Waals surface area contributed by atoms with Crippen molar-refractivity contribution in [3.05, 3.63) is 53.2 Å². The number of nitrogens with one attached hydrogen (secondary N) is 1. The summed E-state index contributed by atoms with van der Waals surface area (Å²) in [4.78, 5) is 8.65. The van der Waals surface area contributed by atoms with Crippen LogP contribution in [0.5, 0.6) is 0 Å². The molecule has 0 saturated carbocycles. The van der Waals surface area contributed by atoms with Crippen molar-refractivity contribution >= 4 is 32.5 Å². The van der Waals surface area contributed by atoms with E-state index in [4.69, 9.17) is 5.73 Å². The summed E-state index contributed by atoms with van der Waals surface area (Å²) < 4.78 is 2.94. The van der Waals surface area contributed by atoms with Crippen LogP contribution in [0.2, 0.25) is 0 Å². The number of halogens is 1. The van der Waals surface area contributed by atoms with Gasteiger partial charge in [-0.15, -0.1) is 0 Å². The Morgan fingerprint density at radius 2 is 2.24 bits per heavy atom. The molecule has 2 heterocycles. The number of aromatic nitrogens is 3. The summed E-state index contributed by atoms with van der Waals surface area (Å²) in [5, 5.41) is 4.55. The van der Waals surface area contributed by atoms with Crippen molar-refractivity contribution in [3.8, 4) is 0 Å². The van der Waals surface area contributed by atoms with Gasteiger partial charge in [0.05, 0.1) is 35.5 Å². The molecule has 0 amide bonds. The fraction of sp³-hybridized carbons (Fsp3) is 0.200. The highest BCUT2D eigenvalue weighted by atomic mass is 79.9. The number of rotatable bonds is 4. The van der Waals surface area contributed by atoms with Gasteiger partial charge >= 0.3 is 0 Å². The highest BCUT2D eigenvalue weighted by Crippen LogP contribution is 2.26. The molecule has 1 unspecified atom stereocenters. The molecule has 2 aromatic heterocycles. The third-order valence-corrected chi connectivity index (χ3v) is 3.89. The second kappa shape index (κ2) is 5.83. The first-order valence-electron chi connectivity index (χ1n) is 6.66. The number of para-hydroxylation sites is 1. The molecule has 0 radical (unpaired) electrons. The maximum absolute atomic E-state index is 5.92. The predicted octanol–water partition coefficient (Wildman–Crippen LogP) is 2.84. The number of hydrogen-bond acceptors (Lipinski definition) is 4. The molecule has 0 fully saturated rings. The minimum atomic E-state index is -0.00598. The number of hydrogen-bond donors (Lipinski definition) is 2. The van der Waals surface area contributed by atoms with E-state index in [0.717, 1.165) is 26.8 Å². The van der Waals surface area contributed by atoms with Crippen molar-refractivity contribution in [3.63, 3.8) is 0 Å². The van der Waals surface area contributed by atoms with Crippen LogP contribution >= 0.6 is 15.9 Å². The van der Waals surface area contributed by atoms with Gasteiger partial charge in [-0.05, 0) is 28.1 Å². The Morgan fingerprint density at radius 1 is 1.38 bits per heavy atom. The molecule has 3 N–H and O–H groups in total.